The molecule has 4 nitrogen and oxygen atoms in total. The van der Waals surface area contributed by atoms with Crippen LogP contribution in [0.5, 0.6) is 0 Å². The normalized spacial score (nSPS) is 14.4. The van der Waals surface area contributed by atoms with E-state index in [9.17, 15) is 4.79 Å². The standard InChI is InChI=1S/C23H31N3O/c1-17-6-5-7-21(16-17)25-10-12-26(13-11-25)22(27)8-9-24-23-19(3)14-18(2)15-20(23)4/h5-7,14-16,24H,8-13H2,1-4H3. The van der Waals surface area contributed by atoms with Crippen molar-refractivity contribution in [1.82, 2.24) is 4.90 Å². The minimum Gasteiger partial charge on any atom is -0.384 e. The van der Waals surface area contributed by atoms with Crippen molar-refractivity contribution in [2.24, 2.45) is 0 Å². The average Bonchev–Trinajstić information content (AvgIpc) is 2.64. The molecule has 3 rings (SSSR count). The highest BCUT2D eigenvalue weighted by Gasteiger charge is 2.21. The van der Waals surface area contributed by atoms with Gasteiger partial charge in [0.1, 0.15) is 0 Å². The first-order valence-electron chi connectivity index (χ1n) is 9.85. The molecule has 0 unspecified atom stereocenters. The molecule has 4 heteroatoms. The molecule has 0 saturated carbocycles. The van der Waals surface area contributed by atoms with E-state index in [2.05, 4.69) is 74.3 Å². The number of benzene rings is 2. The molecule has 0 atom stereocenters. The van der Waals surface area contributed by atoms with Crippen molar-refractivity contribution in [3.05, 3.63) is 58.7 Å². The van der Waals surface area contributed by atoms with Crippen LogP contribution in [0.1, 0.15) is 28.7 Å². The molecule has 1 fully saturated rings. The molecule has 2 aromatic carbocycles. The summed E-state index contributed by atoms with van der Waals surface area (Å²) in [7, 11) is 0. The van der Waals surface area contributed by atoms with Crippen molar-refractivity contribution in [2.75, 3.05) is 42.9 Å². The summed E-state index contributed by atoms with van der Waals surface area (Å²) < 4.78 is 0. The Kier molecular flexibility index (Phi) is 6.04. The molecule has 1 aliphatic rings. The highest BCUT2D eigenvalue weighted by Crippen LogP contribution is 2.22. The van der Waals surface area contributed by atoms with Gasteiger partial charge >= 0.3 is 0 Å². The second-order valence-corrected chi connectivity index (χ2v) is 7.66. The fraction of sp³-hybridized carbons (Fsp3) is 0.435. The van der Waals surface area contributed by atoms with Gasteiger partial charge < -0.3 is 15.1 Å². The monoisotopic (exact) mass is 365 g/mol. The number of piperazine rings is 1. The Morgan fingerprint density at radius 3 is 2.22 bits per heavy atom. The summed E-state index contributed by atoms with van der Waals surface area (Å²) in [6, 6.07) is 13.0. The van der Waals surface area contributed by atoms with E-state index in [-0.39, 0.29) is 5.91 Å². The van der Waals surface area contributed by atoms with Crippen LogP contribution < -0.4 is 10.2 Å². The third kappa shape index (κ3) is 4.82. The van der Waals surface area contributed by atoms with Crippen LogP contribution in [-0.2, 0) is 4.79 Å². The highest BCUT2D eigenvalue weighted by molar-refractivity contribution is 5.77. The first-order chi connectivity index (χ1) is 12.9. The molecule has 1 N–H and O–H groups in total. The first kappa shape index (κ1) is 19.3. The lowest BCUT2D eigenvalue weighted by atomic mass is 10.1. The fourth-order valence-corrected chi connectivity index (χ4v) is 3.95. The second kappa shape index (κ2) is 8.47. The molecule has 0 radical (unpaired) electrons. The van der Waals surface area contributed by atoms with E-state index in [0.717, 1.165) is 31.9 Å². The molecule has 1 aliphatic heterocycles. The van der Waals surface area contributed by atoms with Gasteiger partial charge in [0.05, 0.1) is 0 Å². The zero-order valence-corrected chi connectivity index (χ0v) is 17.0. The number of nitrogens with zero attached hydrogens (tertiary/aromatic N) is 2. The molecule has 1 heterocycles. The molecule has 1 saturated heterocycles. The summed E-state index contributed by atoms with van der Waals surface area (Å²) in [5.74, 6) is 0.244. The van der Waals surface area contributed by atoms with Gasteiger partial charge in [0, 0.05) is 50.5 Å². The van der Waals surface area contributed by atoms with E-state index >= 15 is 0 Å². The molecule has 0 spiro atoms. The van der Waals surface area contributed by atoms with E-state index in [1.54, 1.807) is 0 Å². The quantitative estimate of drug-likeness (QED) is 0.867. The van der Waals surface area contributed by atoms with Crippen LogP contribution in [0.4, 0.5) is 11.4 Å². The van der Waals surface area contributed by atoms with Crippen LogP contribution in [0.25, 0.3) is 0 Å². The minimum atomic E-state index is 0.244. The fourth-order valence-electron chi connectivity index (χ4n) is 3.95. The maximum Gasteiger partial charge on any atom is 0.224 e. The SMILES string of the molecule is Cc1cccc(N2CCN(C(=O)CCNc3c(C)cc(C)cc3C)CC2)c1. The number of nitrogens with one attached hydrogen (secondary N) is 1. The van der Waals surface area contributed by atoms with Crippen molar-refractivity contribution < 1.29 is 4.79 Å². The van der Waals surface area contributed by atoms with E-state index < -0.39 is 0 Å². The summed E-state index contributed by atoms with van der Waals surface area (Å²) in [6.07, 6.45) is 0.539. The minimum absolute atomic E-state index is 0.244. The van der Waals surface area contributed by atoms with Crippen molar-refractivity contribution >= 4 is 17.3 Å². The topological polar surface area (TPSA) is 35.6 Å². The third-order valence-corrected chi connectivity index (χ3v) is 5.32. The van der Waals surface area contributed by atoms with E-state index in [4.69, 9.17) is 0 Å². The summed E-state index contributed by atoms with van der Waals surface area (Å²) in [5, 5.41) is 3.46. The van der Waals surface area contributed by atoms with Crippen molar-refractivity contribution in [2.45, 2.75) is 34.1 Å². The molecule has 1 amide bonds. The van der Waals surface area contributed by atoms with Crippen LogP contribution in [0.15, 0.2) is 36.4 Å². The van der Waals surface area contributed by atoms with Crippen LogP contribution >= 0.6 is 0 Å². The number of carbonyl (C=O) groups excluding carboxylic acids is 1. The Balaban J connectivity index is 1.47. The van der Waals surface area contributed by atoms with E-state index in [0.29, 0.717) is 13.0 Å². The number of aryl methyl sites for hydroxylation is 4. The maximum atomic E-state index is 12.6. The van der Waals surface area contributed by atoms with Gasteiger partial charge in [0.15, 0.2) is 0 Å². The van der Waals surface area contributed by atoms with Crippen LogP contribution in [0.2, 0.25) is 0 Å². The number of hydrogen-bond acceptors (Lipinski definition) is 3. The molecule has 27 heavy (non-hydrogen) atoms. The van der Waals surface area contributed by atoms with E-state index in [1.807, 2.05) is 4.90 Å². The lowest BCUT2D eigenvalue weighted by Gasteiger charge is -2.36. The predicted molar refractivity (Wildman–Crippen MR) is 114 cm³/mol. The summed E-state index contributed by atoms with van der Waals surface area (Å²) in [6.45, 7) is 12.6. The Labute approximate surface area is 163 Å². The van der Waals surface area contributed by atoms with Crippen molar-refractivity contribution in [3.63, 3.8) is 0 Å². The van der Waals surface area contributed by atoms with Gasteiger partial charge in [-0.3, -0.25) is 4.79 Å². The van der Waals surface area contributed by atoms with Gasteiger partial charge in [-0.15, -0.1) is 0 Å². The highest BCUT2D eigenvalue weighted by atomic mass is 16.2. The van der Waals surface area contributed by atoms with Crippen LogP contribution in [-0.4, -0.2) is 43.5 Å². The van der Waals surface area contributed by atoms with Crippen LogP contribution in [0.3, 0.4) is 0 Å². The zero-order chi connectivity index (χ0) is 19.4. The smallest absolute Gasteiger partial charge is 0.224 e. The van der Waals surface area contributed by atoms with Crippen molar-refractivity contribution in [3.8, 4) is 0 Å². The summed E-state index contributed by atoms with van der Waals surface area (Å²) in [5.41, 5.74) is 7.46. The van der Waals surface area contributed by atoms with Gasteiger partial charge in [0.25, 0.3) is 0 Å². The van der Waals surface area contributed by atoms with Gasteiger partial charge in [-0.2, -0.15) is 0 Å². The van der Waals surface area contributed by atoms with Crippen molar-refractivity contribution in [1.29, 1.82) is 0 Å². The molecular weight excluding hydrogens is 334 g/mol. The number of carbonyl (C=O) groups is 1. The molecule has 0 aromatic heterocycles. The number of hydrogen-bond donors (Lipinski definition) is 1. The number of rotatable bonds is 5. The molecular formula is C23H31N3O. The van der Waals surface area contributed by atoms with Crippen LogP contribution in [0, 0.1) is 27.7 Å². The molecule has 144 valence electrons. The second-order valence-electron chi connectivity index (χ2n) is 7.66. The summed E-state index contributed by atoms with van der Waals surface area (Å²) in [4.78, 5) is 16.9. The third-order valence-electron chi connectivity index (χ3n) is 5.32. The van der Waals surface area contributed by atoms with Gasteiger partial charge in [-0.1, -0.05) is 29.8 Å². The van der Waals surface area contributed by atoms with Gasteiger partial charge in [0.2, 0.25) is 5.91 Å². The molecule has 0 bridgehead atoms. The van der Waals surface area contributed by atoms with E-state index in [1.165, 1.54) is 27.9 Å². The number of anilines is 2. The maximum absolute atomic E-state index is 12.6. The zero-order valence-electron chi connectivity index (χ0n) is 17.0. The Morgan fingerprint density at radius 2 is 1.59 bits per heavy atom. The molecule has 0 aliphatic carbocycles. The lowest BCUT2D eigenvalue weighted by Crippen LogP contribution is -2.49. The average molecular weight is 366 g/mol. The predicted octanol–water partition coefficient (Wildman–Crippen LogP) is 4.07. The van der Waals surface area contributed by atoms with Gasteiger partial charge in [-0.25, -0.2) is 0 Å². The van der Waals surface area contributed by atoms with Gasteiger partial charge in [-0.05, 0) is 56.5 Å². The largest absolute Gasteiger partial charge is 0.384 e. The number of amides is 1. The molecule has 2 aromatic rings. The lowest BCUT2D eigenvalue weighted by molar-refractivity contribution is -0.131. The Hall–Kier alpha value is -2.49. The first-order valence-corrected chi connectivity index (χ1v) is 9.85. The Bertz CT molecular complexity index is 784. The Morgan fingerprint density at radius 1 is 0.926 bits per heavy atom. The summed E-state index contributed by atoms with van der Waals surface area (Å²) >= 11 is 0.